The lowest BCUT2D eigenvalue weighted by Crippen LogP contribution is -2.43. The number of nitrogens with zero attached hydrogens (tertiary/aromatic N) is 1. The highest BCUT2D eigenvalue weighted by Crippen LogP contribution is 2.11. The minimum absolute atomic E-state index is 0.306. The van der Waals surface area contributed by atoms with Crippen molar-refractivity contribution in [3.05, 3.63) is 35.4 Å². The fourth-order valence-corrected chi connectivity index (χ4v) is 2.93. The Balaban J connectivity index is 2.86. The van der Waals surface area contributed by atoms with Crippen molar-refractivity contribution in [2.75, 3.05) is 7.05 Å². The first-order valence-corrected chi connectivity index (χ1v) is 7.24. The van der Waals surface area contributed by atoms with Crippen molar-refractivity contribution < 1.29 is 13.2 Å². The van der Waals surface area contributed by atoms with Crippen LogP contribution in [0.3, 0.4) is 0 Å². The van der Waals surface area contributed by atoms with Crippen LogP contribution in [0, 0.1) is 11.3 Å². The molecule has 0 fully saturated rings. The molecule has 7 heteroatoms. The van der Waals surface area contributed by atoms with Gasteiger partial charge in [-0.25, -0.2) is 13.1 Å². The van der Waals surface area contributed by atoms with Gasteiger partial charge in [0.05, 0.1) is 23.4 Å². The number of carbonyl (C=O) groups is 1. The Bertz CT molecular complexity index is 605. The number of amides is 1. The molecule has 1 aromatic rings. The van der Waals surface area contributed by atoms with Crippen LogP contribution < -0.4 is 10.0 Å². The molecule has 0 heterocycles. The fraction of sp³-hybridized carbons (Fsp3) is 0.333. The summed E-state index contributed by atoms with van der Waals surface area (Å²) in [5.74, 6) is -0.755. The predicted octanol–water partition coefficient (Wildman–Crippen LogP) is 0.112. The van der Waals surface area contributed by atoms with Gasteiger partial charge in [-0.05, 0) is 18.6 Å². The van der Waals surface area contributed by atoms with Crippen molar-refractivity contribution >= 4 is 15.9 Å². The third-order valence-corrected chi connectivity index (χ3v) is 3.88. The number of carbonyl (C=O) groups excluding carboxylic acids is 1. The van der Waals surface area contributed by atoms with Gasteiger partial charge in [-0.3, -0.25) is 4.79 Å². The van der Waals surface area contributed by atoms with E-state index in [0.717, 1.165) is 0 Å². The van der Waals surface area contributed by atoms with Gasteiger partial charge in [-0.2, -0.15) is 5.26 Å². The van der Waals surface area contributed by atoms with Crippen LogP contribution in [0.4, 0.5) is 0 Å². The van der Waals surface area contributed by atoms with Crippen LogP contribution in [-0.4, -0.2) is 27.4 Å². The molecule has 1 amide bonds. The molecule has 1 atom stereocenters. The Labute approximate surface area is 112 Å². The number of sulfonamides is 1. The molecule has 0 saturated carbocycles. The second-order valence-electron chi connectivity index (χ2n) is 3.98. The van der Waals surface area contributed by atoms with Crippen LogP contribution in [-0.2, 0) is 20.6 Å². The van der Waals surface area contributed by atoms with Crippen molar-refractivity contribution in [3.8, 4) is 6.07 Å². The zero-order valence-electron chi connectivity index (χ0n) is 10.7. The fourth-order valence-electron chi connectivity index (χ4n) is 1.54. The van der Waals surface area contributed by atoms with Crippen LogP contribution in [0.5, 0.6) is 0 Å². The minimum atomic E-state index is -3.68. The van der Waals surface area contributed by atoms with Crippen molar-refractivity contribution in [1.29, 1.82) is 5.26 Å². The molecule has 19 heavy (non-hydrogen) atoms. The molecule has 1 aromatic carbocycles. The van der Waals surface area contributed by atoms with Crippen molar-refractivity contribution in [2.45, 2.75) is 18.7 Å². The average molecular weight is 281 g/mol. The molecule has 0 aliphatic carbocycles. The van der Waals surface area contributed by atoms with Gasteiger partial charge in [-0.15, -0.1) is 0 Å². The van der Waals surface area contributed by atoms with Crippen molar-refractivity contribution in [1.82, 2.24) is 10.0 Å². The number of benzene rings is 1. The first kappa shape index (κ1) is 15.1. The van der Waals surface area contributed by atoms with E-state index in [2.05, 4.69) is 10.0 Å². The summed E-state index contributed by atoms with van der Waals surface area (Å²) >= 11 is 0. The lowest BCUT2D eigenvalue weighted by molar-refractivity contribution is -0.121. The summed E-state index contributed by atoms with van der Waals surface area (Å²) in [5.41, 5.74) is 0.710. The van der Waals surface area contributed by atoms with E-state index in [4.69, 9.17) is 5.26 Å². The van der Waals surface area contributed by atoms with E-state index >= 15 is 0 Å². The van der Waals surface area contributed by atoms with Gasteiger partial charge < -0.3 is 5.32 Å². The second-order valence-corrected chi connectivity index (χ2v) is 5.74. The zero-order valence-corrected chi connectivity index (χ0v) is 11.5. The van der Waals surface area contributed by atoms with Crippen LogP contribution >= 0.6 is 0 Å². The normalized spacial score (nSPS) is 12.5. The van der Waals surface area contributed by atoms with Gasteiger partial charge in [0, 0.05) is 7.05 Å². The number of rotatable bonds is 5. The first-order valence-electron chi connectivity index (χ1n) is 5.59. The van der Waals surface area contributed by atoms with Gasteiger partial charge in [0.2, 0.25) is 15.9 Å². The summed E-state index contributed by atoms with van der Waals surface area (Å²) in [6.45, 7) is 1.45. The SMILES string of the molecule is CNC(=O)C(C)NS(=O)(=O)Cc1ccccc1C#N. The van der Waals surface area contributed by atoms with Crippen LogP contribution in [0.2, 0.25) is 0 Å². The topological polar surface area (TPSA) is 99.1 Å². The third kappa shape index (κ3) is 4.35. The molecule has 0 aromatic heterocycles. The van der Waals surface area contributed by atoms with E-state index < -0.39 is 22.0 Å². The van der Waals surface area contributed by atoms with Crippen molar-refractivity contribution in [3.63, 3.8) is 0 Å². The highest BCUT2D eigenvalue weighted by atomic mass is 32.2. The van der Waals surface area contributed by atoms with E-state index in [1.165, 1.54) is 14.0 Å². The maximum atomic E-state index is 11.9. The van der Waals surface area contributed by atoms with E-state index in [1.807, 2.05) is 6.07 Å². The second kappa shape index (κ2) is 6.31. The third-order valence-electron chi connectivity index (χ3n) is 2.48. The lowest BCUT2D eigenvalue weighted by atomic mass is 10.1. The first-order chi connectivity index (χ1) is 8.89. The van der Waals surface area contributed by atoms with E-state index in [0.29, 0.717) is 11.1 Å². The molecule has 6 nitrogen and oxygen atoms in total. The number of nitrogens with one attached hydrogen (secondary N) is 2. The van der Waals surface area contributed by atoms with Crippen LogP contribution in [0.15, 0.2) is 24.3 Å². The number of hydrogen-bond donors (Lipinski definition) is 2. The predicted molar refractivity (Wildman–Crippen MR) is 70.4 cm³/mol. The number of nitriles is 1. The zero-order chi connectivity index (χ0) is 14.5. The summed E-state index contributed by atoms with van der Waals surface area (Å²) in [6.07, 6.45) is 0. The standard InChI is InChI=1S/C12H15N3O3S/c1-9(12(16)14-2)15-19(17,18)8-11-6-4-3-5-10(11)7-13/h3-6,9,15H,8H2,1-2H3,(H,14,16). The molecule has 0 aliphatic rings. The smallest absolute Gasteiger partial charge is 0.237 e. The summed E-state index contributed by atoms with van der Waals surface area (Å²) in [7, 11) is -2.25. The molecule has 0 aliphatic heterocycles. The highest BCUT2D eigenvalue weighted by Gasteiger charge is 2.20. The van der Waals surface area contributed by atoms with Gasteiger partial charge in [-0.1, -0.05) is 18.2 Å². The average Bonchev–Trinajstić information content (AvgIpc) is 2.37. The molecule has 102 valence electrons. The Morgan fingerprint density at radius 2 is 2.05 bits per heavy atom. The molecular weight excluding hydrogens is 266 g/mol. The Morgan fingerprint density at radius 1 is 1.42 bits per heavy atom. The summed E-state index contributed by atoms with van der Waals surface area (Å²) in [5, 5.41) is 11.2. The molecular formula is C12H15N3O3S. The van der Waals surface area contributed by atoms with Crippen LogP contribution in [0.1, 0.15) is 18.1 Å². The molecule has 0 radical (unpaired) electrons. The lowest BCUT2D eigenvalue weighted by Gasteiger charge is -2.13. The number of likely N-dealkylation sites (N-methyl/N-ethyl adjacent to an activating group) is 1. The van der Waals surface area contributed by atoms with E-state index in [-0.39, 0.29) is 5.75 Å². The molecule has 0 saturated heterocycles. The summed E-state index contributed by atoms with van der Waals surface area (Å²) in [4.78, 5) is 11.3. The molecule has 0 spiro atoms. The molecule has 2 N–H and O–H groups in total. The van der Waals surface area contributed by atoms with Gasteiger partial charge >= 0.3 is 0 Å². The Hall–Kier alpha value is -1.91. The Morgan fingerprint density at radius 3 is 2.63 bits per heavy atom. The van der Waals surface area contributed by atoms with E-state index in [1.54, 1.807) is 24.3 Å². The van der Waals surface area contributed by atoms with E-state index in [9.17, 15) is 13.2 Å². The molecule has 1 unspecified atom stereocenters. The number of hydrogen-bond acceptors (Lipinski definition) is 4. The summed E-state index contributed by atoms with van der Waals surface area (Å²) < 4.78 is 26.1. The maximum Gasteiger partial charge on any atom is 0.237 e. The molecule has 0 bridgehead atoms. The van der Waals surface area contributed by atoms with Gasteiger partial charge in [0.25, 0.3) is 0 Å². The van der Waals surface area contributed by atoms with Crippen LogP contribution in [0.25, 0.3) is 0 Å². The minimum Gasteiger partial charge on any atom is -0.358 e. The maximum absolute atomic E-state index is 11.9. The monoisotopic (exact) mass is 281 g/mol. The summed E-state index contributed by atoms with van der Waals surface area (Å²) in [6, 6.07) is 7.52. The van der Waals surface area contributed by atoms with Gasteiger partial charge in [0.15, 0.2) is 0 Å². The molecule has 1 rings (SSSR count). The largest absolute Gasteiger partial charge is 0.358 e. The van der Waals surface area contributed by atoms with Gasteiger partial charge in [0.1, 0.15) is 0 Å². The van der Waals surface area contributed by atoms with Crippen molar-refractivity contribution in [2.24, 2.45) is 0 Å². The quantitative estimate of drug-likeness (QED) is 0.800. The highest BCUT2D eigenvalue weighted by molar-refractivity contribution is 7.88. The Kier molecular flexibility index (Phi) is 5.03.